The summed E-state index contributed by atoms with van der Waals surface area (Å²) in [4.78, 5) is 0. The van der Waals surface area contributed by atoms with Crippen LogP contribution >= 0.6 is 24.4 Å². The van der Waals surface area contributed by atoms with Gasteiger partial charge in [-0.2, -0.15) is 0 Å². The number of aromatic nitrogens is 3. The highest BCUT2D eigenvalue weighted by Crippen LogP contribution is 2.19. The first-order valence-corrected chi connectivity index (χ1v) is 6.62. The third-order valence-corrected chi connectivity index (χ3v) is 4.14. The third kappa shape index (κ3) is 1.68. The first-order valence-electron chi connectivity index (χ1n) is 5.80. The molecule has 2 aromatic rings. The van der Waals surface area contributed by atoms with Crippen molar-refractivity contribution in [3.63, 3.8) is 0 Å². The van der Waals surface area contributed by atoms with Gasteiger partial charge >= 0.3 is 0 Å². The van der Waals surface area contributed by atoms with Gasteiger partial charge in [0.1, 0.15) is 0 Å². The van der Waals surface area contributed by atoms with Crippen LogP contribution in [0.4, 0.5) is 0 Å². The van der Waals surface area contributed by atoms with Crippen LogP contribution in [0.5, 0.6) is 0 Å². The molecule has 0 saturated heterocycles. The highest BCUT2D eigenvalue weighted by Gasteiger charge is 2.17. The highest BCUT2D eigenvalue weighted by atomic mass is 32.1. The van der Waals surface area contributed by atoms with Crippen molar-refractivity contribution in [2.75, 3.05) is 6.61 Å². The minimum atomic E-state index is 0.0505. The fraction of sp³-hybridized carbons (Fsp3) is 0.333. The molecule has 0 saturated carbocycles. The largest absolute Gasteiger partial charge is 0.395 e. The lowest BCUT2D eigenvalue weighted by Crippen LogP contribution is -2.21. The molecular formula is C12H13N3OS2. The SMILES string of the molecule is OCCn1c(=S)n2n(c1=S)Cc1ccccc1C2. The van der Waals surface area contributed by atoms with Gasteiger partial charge in [-0.25, -0.2) is 0 Å². The van der Waals surface area contributed by atoms with Crippen LogP contribution in [0.2, 0.25) is 0 Å². The van der Waals surface area contributed by atoms with E-state index >= 15 is 0 Å². The summed E-state index contributed by atoms with van der Waals surface area (Å²) in [6, 6.07) is 8.31. The smallest absolute Gasteiger partial charge is 0.197 e. The predicted octanol–water partition coefficient (Wildman–Crippen LogP) is 1.95. The number of hydrogen-bond donors (Lipinski definition) is 1. The van der Waals surface area contributed by atoms with Crippen molar-refractivity contribution in [1.29, 1.82) is 0 Å². The summed E-state index contributed by atoms with van der Waals surface area (Å²) in [7, 11) is 0. The number of rotatable bonds is 2. The maximum atomic E-state index is 9.07. The zero-order valence-corrected chi connectivity index (χ0v) is 11.4. The molecule has 0 bridgehead atoms. The Balaban J connectivity index is 2.17. The minimum absolute atomic E-state index is 0.0505. The Morgan fingerprint density at radius 1 is 1.00 bits per heavy atom. The normalized spacial score (nSPS) is 13.2. The first-order chi connectivity index (χ1) is 8.72. The number of benzene rings is 1. The Labute approximate surface area is 115 Å². The molecule has 6 heteroatoms. The average Bonchev–Trinajstić information content (AvgIpc) is 2.62. The Bertz CT molecular complexity index is 654. The highest BCUT2D eigenvalue weighted by molar-refractivity contribution is 7.72. The number of aliphatic hydroxyl groups excluding tert-OH is 1. The van der Waals surface area contributed by atoms with Gasteiger partial charge in [-0.3, -0.25) is 13.9 Å². The zero-order chi connectivity index (χ0) is 12.7. The van der Waals surface area contributed by atoms with Gasteiger partial charge in [0, 0.05) is 0 Å². The van der Waals surface area contributed by atoms with Gasteiger partial charge in [-0.1, -0.05) is 24.3 Å². The van der Waals surface area contributed by atoms with Gasteiger partial charge in [-0.05, 0) is 35.6 Å². The Hall–Kier alpha value is -1.24. The summed E-state index contributed by atoms with van der Waals surface area (Å²) in [5, 5.41) is 9.07. The fourth-order valence-corrected chi connectivity index (χ4v) is 3.09. The van der Waals surface area contributed by atoms with E-state index in [1.807, 2.05) is 26.1 Å². The van der Waals surface area contributed by atoms with Crippen molar-refractivity contribution in [2.45, 2.75) is 19.6 Å². The molecule has 0 unspecified atom stereocenters. The fourth-order valence-electron chi connectivity index (χ4n) is 2.35. The van der Waals surface area contributed by atoms with Crippen molar-refractivity contribution in [1.82, 2.24) is 13.9 Å². The molecule has 3 rings (SSSR count). The Morgan fingerprint density at radius 2 is 1.50 bits per heavy atom. The quantitative estimate of drug-likeness (QED) is 0.728. The van der Waals surface area contributed by atoms with E-state index in [1.54, 1.807) is 0 Å². The molecule has 0 fully saturated rings. The minimum Gasteiger partial charge on any atom is -0.395 e. The zero-order valence-electron chi connectivity index (χ0n) is 9.74. The number of aliphatic hydroxyl groups is 1. The van der Waals surface area contributed by atoms with Crippen molar-refractivity contribution in [3.8, 4) is 0 Å². The lowest BCUT2D eigenvalue weighted by atomic mass is 10.1. The Morgan fingerprint density at radius 3 is 1.94 bits per heavy atom. The van der Waals surface area contributed by atoms with Crippen LogP contribution in [-0.2, 0) is 19.6 Å². The number of hydrogen-bond acceptors (Lipinski definition) is 3. The van der Waals surface area contributed by atoms with E-state index in [-0.39, 0.29) is 6.61 Å². The van der Waals surface area contributed by atoms with Crippen LogP contribution in [0.15, 0.2) is 24.3 Å². The average molecular weight is 279 g/mol. The molecule has 94 valence electrons. The van der Waals surface area contributed by atoms with Gasteiger partial charge in [0.2, 0.25) is 0 Å². The summed E-state index contributed by atoms with van der Waals surface area (Å²) >= 11 is 10.8. The predicted molar refractivity (Wildman–Crippen MR) is 73.8 cm³/mol. The molecule has 0 spiro atoms. The lowest BCUT2D eigenvalue weighted by molar-refractivity contribution is 0.274. The second-order valence-corrected chi connectivity index (χ2v) is 5.05. The van der Waals surface area contributed by atoms with Gasteiger partial charge in [-0.15, -0.1) is 0 Å². The molecule has 0 aliphatic carbocycles. The Kier molecular flexibility index (Phi) is 2.93. The van der Waals surface area contributed by atoms with E-state index in [4.69, 9.17) is 29.5 Å². The van der Waals surface area contributed by atoms with Gasteiger partial charge in [0.15, 0.2) is 9.54 Å². The third-order valence-electron chi connectivity index (χ3n) is 3.28. The summed E-state index contributed by atoms with van der Waals surface area (Å²) in [5.41, 5.74) is 2.56. The van der Waals surface area contributed by atoms with Crippen LogP contribution in [0.3, 0.4) is 0 Å². The van der Waals surface area contributed by atoms with Crippen molar-refractivity contribution < 1.29 is 5.11 Å². The van der Waals surface area contributed by atoms with Crippen LogP contribution < -0.4 is 0 Å². The standard InChI is InChI=1S/C12H13N3OS2/c16-6-5-13-11(17)14-7-9-3-1-2-4-10(9)8-15(14)12(13)18/h1-4,16H,5-8H2. The van der Waals surface area contributed by atoms with Crippen molar-refractivity contribution in [3.05, 3.63) is 44.9 Å². The maximum Gasteiger partial charge on any atom is 0.197 e. The molecule has 1 aromatic carbocycles. The van der Waals surface area contributed by atoms with E-state index in [9.17, 15) is 0 Å². The molecular weight excluding hydrogens is 266 g/mol. The van der Waals surface area contributed by atoms with Crippen molar-refractivity contribution >= 4 is 24.4 Å². The molecule has 1 aromatic heterocycles. The summed E-state index contributed by atoms with van der Waals surface area (Å²) in [6.45, 7) is 2.00. The molecule has 18 heavy (non-hydrogen) atoms. The number of fused-ring (bicyclic) bond motifs is 2. The summed E-state index contributed by atoms with van der Waals surface area (Å²) in [5.74, 6) is 0. The second-order valence-electron chi connectivity index (χ2n) is 4.32. The first kappa shape index (κ1) is 11.8. The second kappa shape index (κ2) is 4.46. The van der Waals surface area contributed by atoms with Gasteiger partial charge in [0.25, 0.3) is 0 Å². The van der Waals surface area contributed by atoms with E-state index in [1.165, 1.54) is 11.1 Å². The van der Waals surface area contributed by atoms with E-state index < -0.39 is 0 Å². The van der Waals surface area contributed by atoms with E-state index in [0.29, 0.717) is 16.1 Å². The molecule has 0 amide bonds. The van der Waals surface area contributed by atoms with Crippen LogP contribution in [-0.4, -0.2) is 25.6 Å². The molecule has 1 aliphatic heterocycles. The van der Waals surface area contributed by atoms with E-state index in [0.717, 1.165) is 13.1 Å². The van der Waals surface area contributed by atoms with E-state index in [2.05, 4.69) is 12.1 Å². The molecule has 4 nitrogen and oxygen atoms in total. The number of nitrogens with zero attached hydrogens (tertiary/aromatic N) is 3. The van der Waals surface area contributed by atoms with Crippen LogP contribution in [0.25, 0.3) is 0 Å². The molecule has 2 heterocycles. The van der Waals surface area contributed by atoms with Gasteiger partial charge in [0.05, 0.1) is 26.2 Å². The monoisotopic (exact) mass is 279 g/mol. The molecule has 0 radical (unpaired) electrons. The van der Waals surface area contributed by atoms with Crippen LogP contribution in [0, 0.1) is 9.54 Å². The van der Waals surface area contributed by atoms with Crippen molar-refractivity contribution in [2.24, 2.45) is 0 Å². The lowest BCUT2D eigenvalue weighted by Gasteiger charge is -2.20. The topological polar surface area (TPSA) is 35.0 Å². The molecule has 1 N–H and O–H groups in total. The van der Waals surface area contributed by atoms with Crippen LogP contribution in [0.1, 0.15) is 11.1 Å². The van der Waals surface area contributed by atoms with Gasteiger partial charge < -0.3 is 5.11 Å². The summed E-state index contributed by atoms with van der Waals surface area (Å²) < 4.78 is 7.20. The molecule has 1 aliphatic rings. The maximum absolute atomic E-state index is 9.07. The molecule has 0 atom stereocenters. The summed E-state index contributed by atoms with van der Waals surface area (Å²) in [6.07, 6.45) is 0.